The predicted octanol–water partition coefficient (Wildman–Crippen LogP) is 1.01. The molecule has 0 aromatic rings. The normalized spacial score (nSPS) is 20.0. The lowest BCUT2D eigenvalue weighted by Crippen LogP contribution is -2.42. The van der Waals surface area contributed by atoms with Crippen molar-refractivity contribution in [2.75, 3.05) is 46.8 Å². The summed E-state index contributed by atoms with van der Waals surface area (Å²) < 4.78 is 0. The van der Waals surface area contributed by atoms with Crippen LogP contribution in [0.4, 0.5) is 0 Å². The molecule has 1 saturated heterocycles. The van der Waals surface area contributed by atoms with E-state index in [-0.39, 0.29) is 0 Å². The van der Waals surface area contributed by atoms with Gasteiger partial charge in [-0.1, -0.05) is 6.92 Å². The second kappa shape index (κ2) is 7.20. The molecule has 1 fully saturated rings. The molecule has 1 N–H and O–H groups in total. The molecular formula is C12H27N3. The van der Waals surface area contributed by atoms with E-state index in [1.165, 1.54) is 52.0 Å². The van der Waals surface area contributed by atoms with E-state index in [2.05, 4.69) is 36.1 Å². The predicted molar refractivity (Wildman–Crippen MR) is 66.3 cm³/mol. The second-order valence-corrected chi connectivity index (χ2v) is 4.82. The monoisotopic (exact) mass is 213 g/mol. The van der Waals surface area contributed by atoms with Gasteiger partial charge in [0.15, 0.2) is 0 Å². The Morgan fingerprint density at radius 1 is 1.27 bits per heavy atom. The molecule has 0 saturated carbocycles. The van der Waals surface area contributed by atoms with Gasteiger partial charge in [0.2, 0.25) is 0 Å². The highest BCUT2D eigenvalue weighted by molar-refractivity contribution is 4.76. The van der Waals surface area contributed by atoms with Crippen LogP contribution in [0.1, 0.15) is 26.2 Å². The Balaban J connectivity index is 1.99. The van der Waals surface area contributed by atoms with Crippen molar-refractivity contribution in [1.29, 1.82) is 0 Å². The van der Waals surface area contributed by atoms with Gasteiger partial charge >= 0.3 is 0 Å². The van der Waals surface area contributed by atoms with Crippen LogP contribution in [-0.4, -0.2) is 62.7 Å². The summed E-state index contributed by atoms with van der Waals surface area (Å²) in [6.07, 6.45) is 3.92. The highest BCUT2D eigenvalue weighted by atomic mass is 15.1. The number of nitrogens with one attached hydrogen (secondary N) is 1. The van der Waals surface area contributed by atoms with Crippen LogP contribution in [0.2, 0.25) is 0 Å². The summed E-state index contributed by atoms with van der Waals surface area (Å²) in [6.45, 7) is 8.40. The molecule has 1 aliphatic heterocycles. The first kappa shape index (κ1) is 12.9. The van der Waals surface area contributed by atoms with E-state index in [1.54, 1.807) is 0 Å². The van der Waals surface area contributed by atoms with Crippen LogP contribution in [0.25, 0.3) is 0 Å². The maximum Gasteiger partial charge on any atom is 0.00914 e. The SMILES string of the molecule is CCN1CCC(NCCCN(C)C)CC1. The zero-order valence-electron chi connectivity index (χ0n) is 10.6. The number of hydrogen-bond acceptors (Lipinski definition) is 3. The molecule has 0 amide bonds. The fraction of sp³-hybridized carbons (Fsp3) is 1.00. The Kier molecular flexibility index (Phi) is 6.22. The highest BCUT2D eigenvalue weighted by Crippen LogP contribution is 2.09. The van der Waals surface area contributed by atoms with Crippen molar-refractivity contribution in [1.82, 2.24) is 15.1 Å². The van der Waals surface area contributed by atoms with E-state index in [9.17, 15) is 0 Å². The lowest BCUT2D eigenvalue weighted by Gasteiger charge is -2.31. The van der Waals surface area contributed by atoms with Crippen molar-refractivity contribution >= 4 is 0 Å². The average Bonchev–Trinajstić information content (AvgIpc) is 2.25. The zero-order valence-corrected chi connectivity index (χ0v) is 10.6. The zero-order chi connectivity index (χ0) is 11.1. The highest BCUT2D eigenvalue weighted by Gasteiger charge is 2.16. The van der Waals surface area contributed by atoms with Gasteiger partial charge in [0.05, 0.1) is 0 Å². The lowest BCUT2D eigenvalue weighted by molar-refractivity contribution is 0.205. The molecular weight excluding hydrogens is 186 g/mol. The van der Waals surface area contributed by atoms with E-state index >= 15 is 0 Å². The Morgan fingerprint density at radius 3 is 2.47 bits per heavy atom. The molecule has 0 spiro atoms. The fourth-order valence-electron chi connectivity index (χ4n) is 2.15. The smallest absolute Gasteiger partial charge is 0.00914 e. The van der Waals surface area contributed by atoms with Crippen molar-refractivity contribution in [3.8, 4) is 0 Å². The largest absolute Gasteiger partial charge is 0.314 e. The Bertz CT molecular complexity index is 151. The average molecular weight is 213 g/mol. The Labute approximate surface area is 94.8 Å². The maximum absolute atomic E-state index is 3.67. The molecule has 0 aromatic heterocycles. The number of hydrogen-bond donors (Lipinski definition) is 1. The standard InChI is InChI=1S/C12H27N3/c1-4-15-10-6-12(7-11-15)13-8-5-9-14(2)3/h12-13H,4-11H2,1-3H3. The summed E-state index contributed by atoms with van der Waals surface area (Å²) in [7, 11) is 4.28. The molecule has 0 atom stereocenters. The van der Waals surface area contributed by atoms with Crippen molar-refractivity contribution in [3.05, 3.63) is 0 Å². The number of likely N-dealkylation sites (tertiary alicyclic amines) is 1. The van der Waals surface area contributed by atoms with Gasteiger partial charge in [-0.2, -0.15) is 0 Å². The van der Waals surface area contributed by atoms with E-state index < -0.39 is 0 Å². The van der Waals surface area contributed by atoms with Crippen LogP contribution in [0.3, 0.4) is 0 Å². The Hall–Kier alpha value is -0.120. The summed E-state index contributed by atoms with van der Waals surface area (Å²) in [5, 5.41) is 3.67. The van der Waals surface area contributed by atoms with E-state index in [0.717, 1.165) is 6.04 Å². The maximum atomic E-state index is 3.67. The fourth-order valence-corrected chi connectivity index (χ4v) is 2.15. The molecule has 3 heteroatoms. The topological polar surface area (TPSA) is 18.5 Å². The summed E-state index contributed by atoms with van der Waals surface area (Å²) in [4.78, 5) is 4.79. The quantitative estimate of drug-likeness (QED) is 0.664. The third-order valence-corrected chi connectivity index (χ3v) is 3.25. The third-order valence-electron chi connectivity index (χ3n) is 3.25. The van der Waals surface area contributed by atoms with Crippen LogP contribution in [-0.2, 0) is 0 Å². The van der Waals surface area contributed by atoms with E-state index in [4.69, 9.17) is 0 Å². The van der Waals surface area contributed by atoms with Gasteiger partial charge in [-0.3, -0.25) is 0 Å². The molecule has 90 valence electrons. The van der Waals surface area contributed by atoms with Gasteiger partial charge in [-0.15, -0.1) is 0 Å². The van der Waals surface area contributed by atoms with Crippen molar-refractivity contribution < 1.29 is 0 Å². The summed E-state index contributed by atoms with van der Waals surface area (Å²) in [6, 6.07) is 0.773. The first-order valence-corrected chi connectivity index (χ1v) is 6.33. The van der Waals surface area contributed by atoms with Gasteiger partial charge in [0.1, 0.15) is 0 Å². The van der Waals surface area contributed by atoms with Gasteiger partial charge in [-0.05, 0) is 66.1 Å². The van der Waals surface area contributed by atoms with Crippen LogP contribution >= 0.6 is 0 Å². The van der Waals surface area contributed by atoms with Gasteiger partial charge < -0.3 is 15.1 Å². The minimum atomic E-state index is 0.773. The number of nitrogens with zero attached hydrogens (tertiary/aromatic N) is 2. The van der Waals surface area contributed by atoms with Crippen LogP contribution in [0, 0.1) is 0 Å². The summed E-state index contributed by atoms with van der Waals surface area (Å²) in [5.41, 5.74) is 0. The van der Waals surface area contributed by atoms with Crippen molar-refractivity contribution in [3.63, 3.8) is 0 Å². The van der Waals surface area contributed by atoms with Crippen LogP contribution in [0.15, 0.2) is 0 Å². The molecule has 0 aromatic carbocycles. The second-order valence-electron chi connectivity index (χ2n) is 4.82. The van der Waals surface area contributed by atoms with Gasteiger partial charge in [0, 0.05) is 6.04 Å². The molecule has 0 aliphatic carbocycles. The molecule has 3 nitrogen and oxygen atoms in total. The lowest BCUT2D eigenvalue weighted by atomic mass is 10.1. The van der Waals surface area contributed by atoms with Crippen LogP contribution in [0.5, 0.6) is 0 Å². The van der Waals surface area contributed by atoms with Gasteiger partial charge in [-0.25, -0.2) is 0 Å². The summed E-state index contributed by atoms with van der Waals surface area (Å²) in [5.74, 6) is 0. The van der Waals surface area contributed by atoms with Crippen LogP contribution < -0.4 is 5.32 Å². The Morgan fingerprint density at radius 2 is 1.93 bits per heavy atom. The first-order valence-electron chi connectivity index (χ1n) is 6.33. The number of rotatable bonds is 6. The molecule has 15 heavy (non-hydrogen) atoms. The molecule has 1 heterocycles. The molecule has 0 unspecified atom stereocenters. The third kappa shape index (κ3) is 5.50. The first-order chi connectivity index (χ1) is 7.22. The van der Waals surface area contributed by atoms with E-state index in [1.807, 2.05) is 0 Å². The van der Waals surface area contributed by atoms with E-state index in [0.29, 0.717) is 0 Å². The van der Waals surface area contributed by atoms with Crippen molar-refractivity contribution in [2.45, 2.75) is 32.2 Å². The minimum Gasteiger partial charge on any atom is -0.314 e. The molecule has 0 radical (unpaired) electrons. The molecule has 1 aliphatic rings. The summed E-state index contributed by atoms with van der Waals surface area (Å²) >= 11 is 0. The molecule has 1 rings (SSSR count). The number of piperidine rings is 1. The van der Waals surface area contributed by atoms with Gasteiger partial charge in [0.25, 0.3) is 0 Å². The van der Waals surface area contributed by atoms with Crippen molar-refractivity contribution in [2.24, 2.45) is 0 Å². The minimum absolute atomic E-state index is 0.773. The molecule has 0 bridgehead atoms.